The summed E-state index contributed by atoms with van der Waals surface area (Å²) in [7, 11) is 0. The number of fused-ring (bicyclic) bond motifs is 3. The number of hydrogen-bond acceptors (Lipinski definition) is 5. The number of aryl methyl sites for hydroxylation is 2. The van der Waals surface area contributed by atoms with Gasteiger partial charge in [0.15, 0.2) is 0 Å². The summed E-state index contributed by atoms with van der Waals surface area (Å²) in [4.78, 5) is 27.4. The van der Waals surface area contributed by atoms with Gasteiger partial charge >= 0.3 is 0 Å². The lowest BCUT2D eigenvalue weighted by Gasteiger charge is -2.25. The van der Waals surface area contributed by atoms with Crippen LogP contribution in [0.3, 0.4) is 0 Å². The number of carbonyl (C=O) groups is 2. The topological polar surface area (TPSA) is 84.7 Å². The highest BCUT2D eigenvalue weighted by atomic mass is 16.5. The van der Waals surface area contributed by atoms with E-state index in [-0.39, 0.29) is 17.7 Å². The number of aromatic nitrogens is 1. The van der Waals surface area contributed by atoms with Crippen LogP contribution in [0.1, 0.15) is 53.2 Å². The van der Waals surface area contributed by atoms with Crippen LogP contribution in [0.15, 0.2) is 47.0 Å². The molecule has 1 aliphatic rings. The van der Waals surface area contributed by atoms with Gasteiger partial charge in [0.05, 0.1) is 12.2 Å². The van der Waals surface area contributed by atoms with Crippen LogP contribution in [0, 0.1) is 19.8 Å². The molecule has 4 rings (SSSR count). The Balaban J connectivity index is 1.69. The number of amides is 2. The zero-order chi connectivity index (χ0) is 24.9. The second kappa shape index (κ2) is 10.8. The number of carbonyl (C=O) groups excluding carboxylic acids is 2. The zero-order valence-corrected chi connectivity index (χ0v) is 20.9. The Morgan fingerprint density at radius 1 is 1.11 bits per heavy atom. The highest BCUT2D eigenvalue weighted by Crippen LogP contribution is 2.32. The van der Waals surface area contributed by atoms with Crippen molar-refractivity contribution in [2.24, 2.45) is 5.92 Å². The van der Waals surface area contributed by atoms with Crippen molar-refractivity contribution in [2.75, 3.05) is 26.2 Å². The summed E-state index contributed by atoms with van der Waals surface area (Å²) in [6.45, 7) is 9.55. The molecular formula is C28H33N3O4. The quantitative estimate of drug-likeness (QED) is 0.601. The molecule has 2 bridgehead atoms. The van der Waals surface area contributed by atoms with Crippen LogP contribution in [0.4, 0.5) is 0 Å². The number of nitrogens with one attached hydrogen (secondary N) is 1. The largest absolute Gasteiger partial charge is 0.491 e. The number of nitrogens with zero attached hydrogens (tertiary/aromatic N) is 2. The molecule has 0 saturated carbocycles. The van der Waals surface area contributed by atoms with E-state index in [0.29, 0.717) is 44.6 Å². The fraction of sp³-hybridized carbons (Fsp3) is 0.393. The van der Waals surface area contributed by atoms with Crippen molar-refractivity contribution in [3.8, 4) is 16.9 Å². The molecule has 7 nitrogen and oxygen atoms in total. The first-order valence-electron chi connectivity index (χ1n) is 12.2. The molecule has 1 aromatic heterocycles. The summed E-state index contributed by atoms with van der Waals surface area (Å²) in [5.41, 5.74) is 5.44. The first kappa shape index (κ1) is 24.5. The molecule has 2 heterocycles. The number of ether oxygens (including phenoxy) is 1. The minimum atomic E-state index is -0.138. The monoisotopic (exact) mass is 475 g/mol. The molecule has 3 aromatic rings. The van der Waals surface area contributed by atoms with Crippen LogP contribution in [0.2, 0.25) is 0 Å². The van der Waals surface area contributed by atoms with Crippen molar-refractivity contribution in [2.45, 2.75) is 40.5 Å². The average Bonchev–Trinajstić information content (AvgIpc) is 3.15. The van der Waals surface area contributed by atoms with Crippen LogP contribution in [-0.2, 0) is 11.2 Å². The van der Waals surface area contributed by atoms with Crippen molar-refractivity contribution < 1.29 is 18.8 Å². The van der Waals surface area contributed by atoms with Crippen molar-refractivity contribution in [1.29, 1.82) is 0 Å². The molecule has 0 saturated heterocycles. The van der Waals surface area contributed by atoms with Crippen LogP contribution in [-0.4, -0.2) is 48.1 Å². The van der Waals surface area contributed by atoms with Crippen molar-refractivity contribution >= 4 is 11.8 Å². The highest BCUT2D eigenvalue weighted by molar-refractivity contribution is 5.94. The van der Waals surface area contributed by atoms with E-state index in [9.17, 15) is 9.59 Å². The molecule has 0 aliphatic carbocycles. The third kappa shape index (κ3) is 5.91. The molecule has 0 unspecified atom stereocenters. The SMILES string of the molecule is Cc1noc(C)c1-c1ccc2c(c1)Cc1cccc(c1)C(=O)NCCN(C(=O)CC(C)C)CCO2. The normalized spacial score (nSPS) is 14.7. The van der Waals surface area contributed by atoms with Crippen LogP contribution in [0.5, 0.6) is 5.75 Å². The molecule has 0 atom stereocenters. The maximum atomic E-state index is 12.8. The van der Waals surface area contributed by atoms with E-state index < -0.39 is 0 Å². The summed E-state index contributed by atoms with van der Waals surface area (Å²) >= 11 is 0. The molecule has 35 heavy (non-hydrogen) atoms. The lowest BCUT2D eigenvalue weighted by Crippen LogP contribution is -2.41. The average molecular weight is 476 g/mol. The predicted octanol–water partition coefficient (Wildman–Crippen LogP) is 4.55. The minimum Gasteiger partial charge on any atom is -0.491 e. The van der Waals surface area contributed by atoms with E-state index in [0.717, 1.165) is 39.5 Å². The lowest BCUT2D eigenvalue weighted by molar-refractivity contribution is -0.132. The van der Waals surface area contributed by atoms with Gasteiger partial charge in [-0.15, -0.1) is 0 Å². The molecule has 2 aromatic carbocycles. The van der Waals surface area contributed by atoms with E-state index in [1.54, 1.807) is 4.90 Å². The third-order valence-electron chi connectivity index (χ3n) is 6.19. The van der Waals surface area contributed by atoms with Crippen molar-refractivity contribution in [3.63, 3.8) is 0 Å². The maximum absolute atomic E-state index is 12.8. The van der Waals surface area contributed by atoms with Gasteiger partial charge in [0.2, 0.25) is 5.91 Å². The molecule has 184 valence electrons. The molecule has 0 radical (unpaired) electrons. The summed E-state index contributed by atoms with van der Waals surface area (Å²) < 4.78 is 11.6. The van der Waals surface area contributed by atoms with E-state index in [4.69, 9.17) is 9.26 Å². The minimum absolute atomic E-state index is 0.0703. The van der Waals surface area contributed by atoms with Crippen molar-refractivity contribution in [1.82, 2.24) is 15.4 Å². The molecule has 1 N–H and O–H groups in total. The standard InChI is InChI=1S/C28H33N3O4/c1-18(2)14-26(32)31-11-10-29-28(33)23-7-5-6-21(15-23)16-24-17-22(8-9-25(24)34-13-12-31)27-19(3)30-35-20(27)4/h5-9,15,17-18H,10-14,16H2,1-4H3,(H,29,33). The van der Waals surface area contributed by atoms with Gasteiger partial charge in [-0.05, 0) is 60.7 Å². The van der Waals surface area contributed by atoms with E-state index in [1.165, 1.54) is 0 Å². The Hall–Kier alpha value is -3.61. The Morgan fingerprint density at radius 2 is 1.94 bits per heavy atom. The Morgan fingerprint density at radius 3 is 2.69 bits per heavy atom. The first-order chi connectivity index (χ1) is 16.8. The van der Waals surface area contributed by atoms with Gasteiger partial charge in [-0.1, -0.05) is 37.2 Å². The van der Waals surface area contributed by atoms with Gasteiger partial charge in [-0.25, -0.2) is 0 Å². The van der Waals surface area contributed by atoms with Gasteiger partial charge in [-0.2, -0.15) is 0 Å². The zero-order valence-electron chi connectivity index (χ0n) is 20.9. The molecule has 0 spiro atoms. The summed E-state index contributed by atoms with van der Waals surface area (Å²) in [6, 6.07) is 13.7. The highest BCUT2D eigenvalue weighted by Gasteiger charge is 2.18. The van der Waals surface area contributed by atoms with Gasteiger partial charge in [0, 0.05) is 37.1 Å². The molecule has 1 aliphatic heterocycles. The molecular weight excluding hydrogens is 442 g/mol. The van der Waals surface area contributed by atoms with E-state index in [2.05, 4.69) is 16.5 Å². The molecule has 7 heteroatoms. The number of hydrogen-bond donors (Lipinski definition) is 1. The van der Waals surface area contributed by atoms with Gasteiger partial charge < -0.3 is 19.5 Å². The second-order valence-corrected chi connectivity index (χ2v) is 9.48. The predicted molar refractivity (Wildman–Crippen MR) is 135 cm³/mol. The lowest BCUT2D eigenvalue weighted by atomic mass is 9.96. The van der Waals surface area contributed by atoms with Crippen LogP contribution >= 0.6 is 0 Å². The van der Waals surface area contributed by atoms with Crippen LogP contribution in [0.25, 0.3) is 11.1 Å². The summed E-state index contributed by atoms with van der Waals surface area (Å²) in [5, 5.41) is 7.04. The van der Waals surface area contributed by atoms with E-state index in [1.807, 2.05) is 64.1 Å². The van der Waals surface area contributed by atoms with Crippen molar-refractivity contribution in [3.05, 3.63) is 70.6 Å². The van der Waals surface area contributed by atoms with Gasteiger partial charge in [-0.3, -0.25) is 9.59 Å². The van der Waals surface area contributed by atoms with Gasteiger partial charge in [0.1, 0.15) is 18.1 Å². The third-order valence-corrected chi connectivity index (χ3v) is 6.19. The summed E-state index contributed by atoms with van der Waals surface area (Å²) in [5.74, 6) is 1.73. The number of rotatable bonds is 3. The fourth-order valence-electron chi connectivity index (χ4n) is 4.46. The van der Waals surface area contributed by atoms with E-state index >= 15 is 0 Å². The molecule has 0 fully saturated rings. The van der Waals surface area contributed by atoms with Crippen LogP contribution < -0.4 is 10.1 Å². The first-order valence-corrected chi connectivity index (χ1v) is 12.2. The Kier molecular flexibility index (Phi) is 7.54. The van der Waals surface area contributed by atoms with Gasteiger partial charge in [0.25, 0.3) is 5.91 Å². The Labute approximate surface area is 206 Å². The molecule has 2 amide bonds. The Bertz CT molecular complexity index is 1200. The summed E-state index contributed by atoms with van der Waals surface area (Å²) in [6.07, 6.45) is 1.07. The number of benzene rings is 2. The fourth-order valence-corrected chi connectivity index (χ4v) is 4.46. The second-order valence-electron chi connectivity index (χ2n) is 9.48. The smallest absolute Gasteiger partial charge is 0.251 e. The maximum Gasteiger partial charge on any atom is 0.251 e.